The number of nitrogens with zero attached hydrogens (tertiary/aromatic N) is 1. The van der Waals surface area contributed by atoms with Crippen LogP contribution in [0.4, 0.5) is 0 Å². The standard InChI is InChI=1S/C10H18N2O/c1-11-6-3-10(4-7-11)5-8-12(2)9(10)13/h11H,1,3-8H2,2H3. The maximum absolute atomic E-state index is 11.9. The van der Waals surface area contributed by atoms with E-state index in [-0.39, 0.29) is 5.41 Å². The van der Waals surface area contributed by atoms with Crippen LogP contribution in [0.5, 0.6) is 0 Å². The second-order valence-electron chi connectivity index (χ2n) is 4.51. The minimum atomic E-state index is 0.00986. The van der Waals surface area contributed by atoms with E-state index < -0.39 is 0 Å². The molecule has 0 saturated carbocycles. The first-order valence-electron chi connectivity index (χ1n) is 5.06. The van der Waals surface area contributed by atoms with Gasteiger partial charge in [-0.3, -0.25) is 4.79 Å². The van der Waals surface area contributed by atoms with Crippen molar-refractivity contribution in [1.29, 1.82) is 0 Å². The second-order valence-corrected chi connectivity index (χ2v) is 4.51. The van der Waals surface area contributed by atoms with E-state index in [1.54, 1.807) is 0 Å². The topological polar surface area (TPSA) is 24.8 Å². The van der Waals surface area contributed by atoms with Crippen molar-refractivity contribution in [3.63, 3.8) is 0 Å². The molecular weight excluding hydrogens is 164 g/mol. The minimum absolute atomic E-state index is 0.00986. The highest BCUT2D eigenvalue weighted by molar-refractivity contribution is 5.84. The van der Waals surface area contributed by atoms with E-state index in [1.807, 2.05) is 11.9 Å². The fourth-order valence-corrected chi connectivity index (χ4v) is 2.54. The molecule has 2 rings (SSSR count). The maximum atomic E-state index is 11.9. The summed E-state index contributed by atoms with van der Waals surface area (Å²) in [7, 11) is 5.91. The molecule has 1 N–H and O–H groups in total. The molecule has 2 aliphatic heterocycles. The Balaban J connectivity index is 2.09. The molecule has 0 bridgehead atoms. The van der Waals surface area contributed by atoms with Crippen LogP contribution in [0.3, 0.4) is 0 Å². The third-order valence-electron chi connectivity index (χ3n) is 3.64. The number of likely N-dealkylation sites (tertiary alicyclic amines) is 2. The SMILES string of the molecule is [CH2-][NH+]1CCC2(CCN(C)C2=O)CC1. The minimum Gasteiger partial charge on any atom is -0.468 e. The smallest absolute Gasteiger partial charge is 0.229 e. The van der Waals surface area contributed by atoms with Gasteiger partial charge in [0.15, 0.2) is 0 Å². The third kappa shape index (κ3) is 1.35. The fraction of sp³-hybridized carbons (Fsp3) is 0.800. The summed E-state index contributed by atoms with van der Waals surface area (Å²) in [5.74, 6) is 0.375. The van der Waals surface area contributed by atoms with Gasteiger partial charge in [0.2, 0.25) is 5.91 Å². The summed E-state index contributed by atoms with van der Waals surface area (Å²) in [5, 5.41) is 0. The summed E-state index contributed by atoms with van der Waals surface area (Å²) in [6, 6.07) is 0. The summed E-state index contributed by atoms with van der Waals surface area (Å²) in [6.45, 7) is 3.06. The highest BCUT2D eigenvalue weighted by Gasteiger charge is 2.47. The summed E-state index contributed by atoms with van der Waals surface area (Å²) in [6.07, 6.45) is 3.14. The average molecular weight is 182 g/mol. The van der Waals surface area contributed by atoms with E-state index in [9.17, 15) is 4.79 Å². The van der Waals surface area contributed by atoms with Gasteiger partial charge in [0, 0.05) is 26.4 Å². The van der Waals surface area contributed by atoms with Crippen molar-refractivity contribution >= 4 is 5.91 Å². The number of hydrogen-bond donors (Lipinski definition) is 1. The zero-order valence-electron chi connectivity index (χ0n) is 8.31. The van der Waals surface area contributed by atoms with Gasteiger partial charge >= 0.3 is 0 Å². The van der Waals surface area contributed by atoms with E-state index in [2.05, 4.69) is 7.05 Å². The molecule has 2 saturated heterocycles. The Morgan fingerprint density at radius 3 is 2.46 bits per heavy atom. The van der Waals surface area contributed by atoms with Crippen LogP contribution in [0.2, 0.25) is 0 Å². The van der Waals surface area contributed by atoms with Crippen molar-refractivity contribution in [3.05, 3.63) is 7.05 Å². The van der Waals surface area contributed by atoms with Crippen molar-refractivity contribution in [3.8, 4) is 0 Å². The number of nitrogens with one attached hydrogen (secondary N) is 1. The highest BCUT2D eigenvalue weighted by atomic mass is 16.2. The molecule has 1 amide bonds. The highest BCUT2D eigenvalue weighted by Crippen LogP contribution is 2.38. The van der Waals surface area contributed by atoms with Crippen molar-refractivity contribution in [1.82, 2.24) is 4.90 Å². The van der Waals surface area contributed by atoms with Crippen LogP contribution in [-0.2, 0) is 4.79 Å². The zero-order chi connectivity index (χ0) is 9.47. The van der Waals surface area contributed by atoms with Crippen molar-refractivity contribution in [2.24, 2.45) is 5.41 Å². The maximum Gasteiger partial charge on any atom is 0.229 e. The van der Waals surface area contributed by atoms with Gasteiger partial charge in [0.25, 0.3) is 0 Å². The van der Waals surface area contributed by atoms with Crippen molar-refractivity contribution < 1.29 is 9.69 Å². The molecule has 0 aromatic heterocycles. The molecule has 0 aromatic rings. The van der Waals surface area contributed by atoms with E-state index in [0.29, 0.717) is 5.91 Å². The number of rotatable bonds is 0. The van der Waals surface area contributed by atoms with Gasteiger partial charge in [-0.1, -0.05) is 0 Å². The molecule has 3 heteroatoms. The third-order valence-corrected chi connectivity index (χ3v) is 3.64. The molecule has 0 unspecified atom stereocenters. The molecule has 1 spiro atoms. The number of hydrogen-bond acceptors (Lipinski definition) is 1. The average Bonchev–Trinajstić information content (AvgIpc) is 2.40. The fourth-order valence-electron chi connectivity index (χ4n) is 2.54. The van der Waals surface area contributed by atoms with Crippen LogP contribution in [0.15, 0.2) is 0 Å². The first-order valence-corrected chi connectivity index (χ1v) is 5.06. The zero-order valence-corrected chi connectivity index (χ0v) is 8.31. The number of amides is 1. The van der Waals surface area contributed by atoms with Gasteiger partial charge in [-0.15, -0.1) is 0 Å². The number of carbonyl (C=O) groups excluding carboxylic acids is 1. The Morgan fingerprint density at radius 1 is 1.38 bits per heavy atom. The van der Waals surface area contributed by atoms with Gasteiger partial charge in [0.05, 0.1) is 18.5 Å². The number of quaternary nitrogens is 1. The predicted molar refractivity (Wildman–Crippen MR) is 50.0 cm³/mol. The van der Waals surface area contributed by atoms with Crippen LogP contribution in [-0.4, -0.2) is 37.5 Å². The van der Waals surface area contributed by atoms with E-state index in [1.165, 1.54) is 4.90 Å². The number of piperidine rings is 1. The molecule has 0 atom stereocenters. The Labute approximate surface area is 79.7 Å². The lowest BCUT2D eigenvalue weighted by atomic mass is 9.77. The Morgan fingerprint density at radius 2 is 2.00 bits per heavy atom. The summed E-state index contributed by atoms with van der Waals surface area (Å²) >= 11 is 0. The lowest BCUT2D eigenvalue weighted by Gasteiger charge is -2.36. The van der Waals surface area contributed by atoms with E-state index in [0.717, 1.165) is 38.9 Å². The van der Waals surface area contributed by atoms with Gasteiger partial charge in [-0.05, 0) is 6.42 Å². The molecule has 2 heterocycles. The van der Waals surface area contributed by atoms with E-state index in [4.69, 9.17) is 0 Å². The molecule has 3 nitrogen and oxygen atoms in total. The molecule has 0 radical (unpaired) electrons. The van der Waals surface area contributed by atoms with Gasteiger partial charge < -0.3 is 9.80 Å². The van der Waals surface area contributed by atoms with Crippen molar-refractivity contribution in [2.75, 3.05) is 26.7 Å². The van der Waals surface area contributed by atoms with Gasteiger partial charge in [-0.2, -0.15) is 7.05 Å². The quantitative estimate of drug-likeness (QED) is 0.493. The summed E-state index contributed by atoms with van der Waals surface area (Å²) in [5.41, 5.74) is 0.00986. The predicted octanol–water partition coefficient (Wildman–Crippen LogP) is -0.695. The van der Waals surface area contributed by atoms with Crippen LogP contribution in [0.1, 0.15) is 19.3 Å². The van der Waals surface area contributed by atoms with Gasteiger partial charge in [0.1, 0.15) is 0 Å². The Bertz CT molecular complexity index is 219. The van der Waals surface area contributed by atoms with Crippen molar-refractivity contribution in [2.45, 2.75) is 19.3 Å². The molecule has 2 aliphatic rings. The molecule has 13 heavy (non-hydrogen) atoms. The second kappa shape index (κ2) is 2.98. The molecule has 2 fully saturated rings. The van der Waals surface area contributed by atoms with Crippen LogP contribution in [0, 0.1) is 12.5 Å². The normalized spacial score (nSPS) is 40.3. The summed E-state index contributed by atoms with van der Waals surface area (Å²) < 4.78 is 0. The monoisotopic (exact) mass is 182 g/mol. The molecule has 74 valence electrons. The van der Waals surface area contributed by atoms with Crippen LogP contribution < -0.4 is 4.90 Å². The van der Waals surface area contributed by atoms with Crippen LogP contribution >= 0.6 is 0 Å². The van der Waals surface area contributed by atoms with E-state index >= 15 is 0 Å². The van der Waals surface area contributed by atoms with Crippen LogP contribution in [0.25, 0.3) is 0 Å². The lowest BCUT2D eigenvalue weighted by Crippen LogP contribution is -3.08. The molecule has 0 aromatic carbocycles. The largest absolute Gasteiger partial charge is 0.468 e. The molecule has 0 aliphatic carbocycles. The Kier molecular flexibility index (Phi) is 2.06. The molecular formula is C10H18N2O. The first-order chi connectivity index (χ1) is 6.14. The van der Waals surface area contributed by atoms with Gasteiger partial charge in [-0.25, -0.2) is 0 Å². The first kappa shape index (κ1) is 9.00. The lowest BCUT2D eigenvalue weighted by molar-refractivity contribution is -0.861. The number of carbonyl (C=O) groups is 1. The summed E-state index contributed by atoms with van der Waals surface area (Å²) in [4.78, 5) is 15.1. The Hall–Kier alpha value is -0.570.